The monoisotopic (exact) mass is 285 g/mol. The molecular weight excluding hydrogens is 268 g/mol. The highest BCUT2D eigenvalue weighted by molar-refractivity contribution is 5.73. The van der Waals surface area contributed by atoms with Gasteiger partial charge in [-0.25, -0.2) is 18.7 Å². The van der Waals surface area contributed by atoms with E-state index in [2.05, 4.69) is 9.97 Å². The van der Waals surface area contributed by atoms with Crippen LogP contribution in [0.3, 0.4) is 0 Å². The minimum Gasteiger partial charge on any atom is -0.466 e. The van der Waals surface area contributed by atoms with Crippen LogP contribution >= 0.6 is 0 Å². The summed E-state index contributed by atoms with van der Waals surface area (Å²) in [5, 5.41) is 0. The molecule has 1 unspecified atom stereocenters. The molecule has 1 aliphatic rings. The molecule has 2 rings (SSSR count). The summed E-state index contributed by atoms with van der Waals surface area (Å²) in [7, 11) is 0. The van der Waals surface area contributed by atoms with Gasteiger partial charge in [-0.3, -0.25) is 4.79 Å². The second kappa shape index (κ2) is 6.58. The van der Waals surface area contributed by atoms with Crippen LogP contribution in [-0.2, 0) is 9.53 Å². The van der Waals surface area contributed by atoms with Crippen molar-refractivity contribution in [2.45, 2.75) is 26.2 Å². The van der Waals surface area contributed by atoms with Crippen molar-refractivity contribution in [2.24, 2.45) is 5.92 Å². The maximum atomic E-state index is 12.6. The third kappa shape index (κ3) is 3.40. The van der Waals surface area contributed by atoms with Gasteiger partial charge in [-0.05, 0) is 19.8 Å². The summed E-state index contributed by atoms with van der Waals surface area (Å²) in [6.45, 7) is 3.24. The van der Waals surface area contributed by atoms with Crippen LogP contribution < -0.4 is 4.90 Å². The Bertz CT molecular complexity index is 471. The van der Waals surface area contributed by atoms with Crippen molar-refractivity contribution in [1.82, 2.24) is 9.97 Å². The second-order valence-corrected chi connectivity index (χ2v) is 4.64. The molecule has 0 radical (unpaired) electrons. The van der Waals surface area contributed by atoms with Crippen LogP contribution in [0.25, 0.3) is 0 Å². The van der Waals surface area contributed by atoms with Crippen LogP contribution in [0.4, 0.5) is 14.6 Å². The first-order chi connectivity index (χ1) is 9.61. The fourth-order valence-electron chi connectivity index (χ4n) is 2.29. The average molecular weight is 285 g/mol. The molecular formula is C13H17F2N3O2. The van der Waals surface area contributed by atoms with Crippen molar-refractivity contribution >= 4 is 11.8 Å². The summed E-state index contributed by atoms with van der Waals surface area (Å²) >= 11 is 0. The Morgan fingerprint density at radius 2 is 2.35 bits per heavy atom. The zero-order chi connectivity index (χ0) is 14.5. The fraction of sp³-hybridized carbons (Fsp3) is 0.615. The van der Waals surface area contributed by atoms with Gasteiger partial charge >= 0.3 is 5.97 Å². The molecule has 110 valence electrons. The number of nitrogens with zero attached hydrogens (tertiary/aromatic N) is 3. The highest BCUT2D eigenvalue weighted by Gasteiger charge is 2.28. The van der Waals surface area contributed by atoms with Gasteiger partial charge in [0.25, 0.3) is 6.43 Å². The number of hydrogen-bond donors (Lipinski definition) is 0. The molecule has 1 fully saturated rings. The molecule has 0 aliphatic carbocycles. The van der Waals surface area contributed by atoms with E-state index in [1.165, 1.54) is 6.07 Å². The first-order valence-electron chi connectivity index (χ1n) is 6.63. The van der Waals surface area contributed by atoms with E-state index < -0.39 is 6.43 Å². The Labute approximate surface area is 116 Å². The van der Waals surface area contributed by atoms with Gasteiger partial charge in [0.2, 0.25) is 0 Å². The number of ether oxygens (including phenoxy) is 1. The number of halogens is 2. The maximum absolute atomic E-state index is 12.6. The number of piperidine rings is 1. The van der Waals surface area contributed by atoms with E-state index in [-0.39, 0.29) is 17.6 Å². The highest BCUT2D eigenvalue weighted by Crippen LogP contribution is 2.25. The maximum Gasteiger partial charge on any atom is 0.310 e. The van der Waals surface area contributed by atoms with Gasteiger partial charge in [-0.15, -0.1) is 0 Å². The number of rotatable bonds is 4. The summed E-state index contributed by atoms with van der Waals surface area (Å²) in [5.41, 5.74) is -0.298. The molecule has 0 N–H and O–H groups in total. The van der Waals surface area contributed by atoms with E-state index in [0.717, 1.165) is 19.2 Å². The standard InChI is InChI=1S/C13H17F2N3O2/c1-2-20-13(19)9-4-3-5-18(7-9)11-6-10(12(14)15)16-8-17-11/h6,8-9,12H,2-5,7H2,1H3. The van der Waals surface area contributed by atoms with Crippen LogP contribution in [0.2, 0.25) is 0 Å². The Balaban J connectivity index is 2.08. The van der Waals surface area contributed by atoms with Crippen LogP contribution in [0.1, 0.15) is 31.9 Å². The van der Waals surface area contributed by atoms with Gasteiger partial charge in [0, 0.05) is 19.2 Å². The smallest absolute Gasteiger partial charge is 0.310 e. The Morgan fingerprint density at radius 1 is 1.55 bits per heavy atom. The number of anilines is 1. The molecule has 0 aromatic carbocycles. The number of hydrogen-bond acceptors (Lipinski definition) is 5. The highest BCUT2D eigenvalue weighted by atomic mass is 19.3. The van der Waals surface area contributed by atoms with E-state index >= 15 is 0 Å². The summed E-state index contributed by atoms with van der Waals surface area (Å²) in [6.07, 6.45) is 0.0622. The first kappa shape index (κ1) is 14.6. The molecule has 0 bridgehead atoms. The molecule has 0 amide bonds. The lowest BCUT2D eigenvalue weighted by Gasteiger charge is -2.32. The third-order valence-corrected chi connectivity index (χ3v) is 3.26. The van der Waals surface area contributed by atoms with E-state index in [9.17, 15) is 13.6 Å². The van der Waals surface area contributed by atoms with Gasteiger partial charge in [-0.2, -0.15) is 0 Å². The van der Waals surface area contributed by atoms with Crippen LogP contribution in [0.15, 0.2) is 12.4 Å². The van der Waals surface area contributed by atoms with Gasteiger partial charge in [0.1, 0.15) is 17.8 Å². The van der Waals surface area contributed by atoms with Gasteiger partial charge in [-0.1, -0.05) is 0 Å². The third-order valence-electron chi connectivity index (χ3n) is 3.26. The molecule has 5 nitrogen and oxygen atoms in total. The zero-order valence-electron chi connectivity index (χ0n) is 11.3. The first-order valence-corrected chi connectivity index (χ1v) is 6.63. The zero-order valence-corrected chi connectivity index (χ0v) is 11.3. The molecule has 1 saturated heterocycles. The molecule has 1 aliphatic heterocycles. The minimum atomic E-state index is -2.62. The van der Waals surface area contributed by atoms with Crippen LogP contribution in [-0.4, -0.2) is 35.6 Å². The molecule has 2 heterocycles. The Hall–Kier alpha value is -1.79. The Kier molecular flexibility index (Phi) is 4.81. The lowest BCUT2D eigenvalue weighted by molar-refractivity contribution is -0.148. The quantitative estimate of drug-likeness (QED) is 0.794. The van der Waals surface area contributed by atoms with Crippen LogP contribution in [0, 0.1) is 5.92 Å². The molecule has 20 heavy (non-hydrogen) atoms. The molecule has 0 spiro atoms. The van der Waals surface area contributed by atoms with Crippen molar-refractivity contribution in [1.29, 1.82) is 0 Å². The lowest BCUT2D eigenvalue weighted by Crippen LogP contribution is -2.39. The van der Waals surface area contributed by atoms with Crippen molar-refractivity contribution < 1.29 is 18.3 Å². The van der Waals surface area contributed by atoms with E-state index in [1.807, 2.05) is 4.90 Å². The average Bonchev–Trinajstić information content (AvgIpc) is 2.48. The largest absolute Gasteiger partial charge is 0.466 e. The van der Waals surface area contributed by atoms with E-state index in [1.54, 1.807) is 6.92 Å². The number of aromatic nitrogens is 2. The number of carbonyl (C=O) groups is 1. The van der Waals surface area contributed by atoms with Crippen molar-refractivity contribution in [3.63, 3.8) is 0 Å². The molecule has 7 heteroatoms. The van der Waals surface area contributed by atoms with E-state index in [0.29, 0.717) is 25.5 Å². The summed E-state index contributed by atoms with van der Waals surface area (Å²) in [4.78, 5) is 21.1. The lowest BCUT2D eigenvalue weighted by atomic mass is 9.98. The number of carbonyl (C=O) groups excluding carboxylic acids is 1. The Morgan fingerprint density at radius 3 is 3.05 bits per heavy atom. The number of alkyl halides is 2. The SMILES string of the molecule is CCOC(=O)C1CCCN(c2cc(C(F)F)ncn2)C1. The summed E-state index contributed by atoms with van der Waals surface area (Å²) < 4.78 is 30.3. The summed E-state index contributed by atoms with van der Waals surface area (Å²) in [6, 6.07) is 1.28. The molecule has 1 atom stereocenters. The molecule has 0 saturated carbocycles. The summed E-state index contributed by atoms with van der Waals surface area (Å²) in [5.74, 6) is -0.0293. The van der Waals surface area contributed by atoms with Crippen molar-refractivity contribution in [3.8, 4) is 0 Å². The van der Waals surface area contributed by atoms with Gasteiger partial charge in [0.05, 0.1) is 12.5 Å². The molecule has 1 aromatic heterocycles. The number of esters is 1. The van der Waals surface area contributed by atoms with Gasteiger partial charge in [0.15, 0.2) is 0 Å². The molecule has 1 aromatic rings. The topological polar surface area (TPSA) is 55.3 Å². The van der Waals surface area contributed by atoms with Gasteiger partial charge < -0.3 is 9.64 Å². The van der Waals surface area contributed by atoms with E-state index in [4.69, 9.17) is 4.74 Å². The minimum absolute atomic E-state index is 0.228. The second-order valence-electron chi connectivity index (χ2n) is 4.64. The predicted molar refractivity (Wildman–Crippen MR) is 68.6 cm³/mol. The normalized spacial score (nSPS) is 19.2. The fourth-order valence-corrected chi connectivity index (χ4v) is 2.29. The van der Waals surface area contributed by atoms with Crippen molar-refractivity contribution in [3.05, 3.63) is 18.1 Å². The predicted octanol–water partition coefficient (Wildman–Crippen LogP) is 2.19. The van der Waals surface area contributed by atoms with Crippen molar-refractivity contribution in [2.75, 3.05) is 24.6 Å². The van der Waals surface area contributed by atoms with Crippen LogP contribution in [0.5, 0.6) is 0 Å².